The van der Waals surface area contributed by atoms with Gasteiger partial charge in [-0.15, -0.1) is 0 Å². The van der Waals surface area contributed by atoms with Gasteiger partial charge in [0, 0.05) is 50.1 Å². The average Bonchev–Trinajstić information content (AvgIpc) is 3.44. The molecule has 28 heavy (non-hydrogen) atoms. The summed E-state index contributed by atoms with van der Waals surface area (Å²) in [6.07, 6.45) is 2.53. The Labute approximate surface area is 179 Å². The van der Waals surface area contributed by atoms with E-state index in [4.69, 9.17) is 26.3 Å². The van der Waals surface area contributed by atoms with E-state index in [1.807, 2.05) is 41.5 Å². The van der Waals surface area contributed by atoms with Crippen LogP contribution in [0.4, 0.5) is 0 Å². The molecule has 0 unspecified atom stereocenters. The molecule has 9 heteroatoms. The third kappa shape index (κ3) is 8.73. The van der Waals surface area contributed by atoms with E-state index in [0.29, 0.717) is 38.0 Å². The average molecular weight is 455 g/mol. The van der Waals surface area contributed by atoms with Gasteiger partial charge in [0.25, 0.3) is 0 Å². The lowest BCUT2D eigenvalue weighted by molar-refractivity contribution is 0.0277. The fraction of sp³-hybridized carbons (Fsp3) is 1.00. The lowest BCUT2D eigenvalue weighted by atomic mass is 10.5. The van der Waals surface area contributed by atoms with Crippen LogP contribution in [0.3, 0.4) is 0 Å². The summed E-state index contributed by atoms with van der Waals surface area (Å²) in [6, 6.07) is 1.56. The molecule has 6 nitrogen and oxygen atoms in total. The van der Waals surface area contributed by atoms with Crippen LogP contribution in [-0.4, -0.2) is 54.8 Å². The Balaban J connectivity index is 2.97. The quantitative estimate of drug-likeness (QED) is 0.163. The zero-order chi connectivity index (χ0) is 21.3. The van der Waals surface area contributed by atoms with Crippen molar-refractivity contribution in [3.8, 4) is 0 Å². The molecule has 1 fully saturated rings. The first-order valence-electron chi connectivity index (χ1n) is 10.8. The fourth-order valence-electron chi connectivity index (χ4n) is 3.30. The Kier molecular flexibility index (Phi) is 11.8. The van der Waals surface area contributed by atoms with Crippen molar-refractivity contribution in [2.24, 2.45) is 0 Å². The van der Waals surface area contributed by atoms with E-state index < -0.39 is 22.3 Å². The van der Waals surface area contributed by atoms with E-state index in [1.165, 1.54) is 24.9 Å². The molecule has 0 aromatic rings. The maximum absolute atomic E-state index is 6.55. The summed E-state index contributed by atoms with van der Waals surface area (Å²) in [7, 11) is -5.20. The highest BCUT2D eigenvalue weighted by Crippen LogP contribution is 2.49. The molecule has 0 spiro atoms. The van der Waals surface area contributed by atoms with Gasteiger partial charge in [-0.2, -0.15) is 0 Å². The molecule has 0 amide bonds. The standard InChI is InChI=1S/C19H42O6SSi2/c1-9-20-27(21-10-2,18-13-14-18)15-16-28(22-11-3,23-12-4)25-19(7,8)26-24-17(5)6/h17-18H,9-16H2,1-8H3. The summed E-state index contributed by atoms with van der Waals surface area (Å²) in [6.45, 7) is 18.6. The topological polar surface area (TPSA) is 55.4 Å². The molecule has 0 aromatic heterocycles. The summed E-state index contributed by atoms with van der Waals surface area (Å²) >= 11 is 1.34. The zero-order valence-electron chi connectivity index (χ0n) is 19.2. The highest BCUT2D eigenvalue weighted by Gasteiger charge is 2.55. The largest absolute Gasteiger partial charge is 0.501 e. The SMILES string of the molecule is CCO[Si](CC[Si](OCC)(OCC)C1CC1)(OCC)OC(C)(C)SOC(C)C. The Morgan fingerprint density at radius 2 is 1.36 bits per heavy atom. The maximum atomic E-state index is 6.55. The van der Waals surface area contributed by atoms with Crippen LogP contribution in [-0.2, 0) is 26.3 Å². The molecule has 0 N–H and O–H groups in total. The third-order valence-corrected chi connectivity index (χ3v) is 13.4. The zero-order valence-corrected chi connectivity index (χ0v) is 22.0. The van der Waals surface area contributed by atoms with Crippen LogP contribution in [0.1, 0.15) is 68.2 Å². The summed E-state index contributed by atoms with van der Waals surface area (Å²) in [5.41, 5.74) is 0.578. The van der Waals surface area contributed by atoms with Crippen LogP contribution in [0.25, 0.3) is 0 Å². The van der Waals surface area contributed by atoms with Gasteiger partial charge in [-0.05, 0) is 74.3 Å². The molecule has 1 saturated carbocycles. The van der Waals surface area contributed by atoms with Gasteiger partial charge >= 0.3 is 17.4 Å². The van der Waals surface area contributed by atoms with Gasteiger partial charge in [0.05, 0.1) is 6.10 Å². The van der Waals surface area contributed by atoms with Crippen molar-refractivity contribution in [1.29, 1.82) is 0 Å². The van der Waals surface area contributed by atoms with Crippen LogP contribution in [0.2, 0.25) is 17.6 Å². The van der Waals surface area contributed by atoms with Gasteiger partial charge in [0.1, 0.15) is 4.93 Å². The molecule has 1 rings (SSSR count). The number of rotatable bonds is 17. The molecule has 168 valence electrons. The molecular formula is C19H42O6SSi2. The van der Waals surface area contributed by atoms with Gasteiger partial charge in [0.15, 0.2) is 0 Å². The van der Waals surface area contributed by atoms with Gasteiger partial charge in [-0.25, -0.2) is 0 Å². The van der Waals surface area contributed by atoms with Crippen molar-refractivity contribution in [2.45, 2.75) is 96.9 Å². The molecule has 1 aliphatic carbocycles. The molecular weight excluding hydrogens is 412 g/mol. The van der Waals surface area contributed by atoms with Crippen molar-refractivity contribution >= 4 is 29.4 Å². The summed E-state index contributed by atoms with van der Waals surface area (Å²) < 4.78 is 37.3. The highest BCUT2D eigenvalue weighted by molar-refractivity contribution is 7.95. The first-order chi connectivity index (χ1) is 13.2. The first-order valence-corrected chi connectivity index (χ1v) is 15.6. The van der Waals surface area contributed by atoms with Crippen LogP contribution in [0.5, 0.6) is 0 Å². The van der Waals surface area contributed by atoms with Crippen molar-refractivity contribution in [3.05, 3.63) is 0 Å². The summed E-state index contributed by atoms with van der Waals surface area (Å²) in [5.74, 6) is 0. The minimum atomic E-state index is -2.91. The van der Waals surface area contributed by atoms with Gasteiger partial charge in [0.2, 0.25) is 0 Å². The lowest BCUT2D eigenvalue weighted by Crippen LogP contribution is -2.53. The summed E-state index contributed by atoms with van der Waals surface area (Å²) in [4.78, 5) is -0.568. The Bertz CT molecular complexity index is 423. The molecule has 0 radical (unpaired) electrons. The molecule has 0 aromatic carbocycles. The molecule has 0 heterocycles. The minimum absolute atomic E-state index is 0.119. The molecule has 0 bridgehead atoms. The second-order valence-electron chi connectivity index (χ2n) is 7.73. The molecule has 0 saturated heterocycles. The van der Waals surface area contributed by atoms with E-state index in [-0.39, 0.29) is 6.10 Å². The fourth-order valence-corrected chi connectivity index (χ4v) is 12.4. The van der Waals surface area contributed by atoms with Crippen molar-refractivity contribution in [2.75, 3.05) is 26.4 Å². The highest BCUT2D eigenvalue weighted by atomic mass is 32.2. The van der Waals surface area contributed by atoms with E-state index in [2.05, 4.69) is 13.8 Å². The van der Waals surface area contributed by atoms with Crippen LogP contribution in [0, 0.1) is 0 Å². The Hall–Kier alpha value is 0.544. The van der Waals surface area contributed by atoms with Gasteiger partial charge in [-0.1, -0.05) is 0 Å². The predicted octanol–water partition coefficient (Wildman–Crippen LogP) is 5.50. The normalized spacial score (nSPS) is 16.2. The smallest absolute Gasteiger partial charge is 0.394 e. The molecule has 1 aliphatic rings. The first kappa shape index (κ1) is 26.6. The van der Waals surface area contributed by atoms with Crippen LogP contribution < -0.4 is 0 Å². The Morgan fingerprint density at radius 3 is 1.75 bits per heavy atom. The van der Waals surface area contributed by atoms with E-state index in [1.54, 1.807) is 0 Å². The molecule has 0 aliphatic heterocycles. The van der Waals surface area contributed by atoms with Gasteiger partial charge in [-0.3, -0.25) is 0 Å². The number of hydrogen-bond donors (Lipinski definition) is 0. The van der Waals surface area contributed by atoms with Crippen molar-refractivity contribution in [1.82, 2.24) is 0 Å². The van der Waals surface area contributed by atoms with E-state index in [0.717, 1.165) is 6.04 Å². The van der Waals surface area contributed by atoms with Crippen LogP contribution in [0.15, 0.2) is 0 Å². The second-order valence-corrected chi connectivity index (χ2v) is 15.2. The number of hydrogen-bond acceptors (Lipinski definition) is 7. The second kappa shape index (κ2) is 12.4. The van der Waals surface area contributed by atoms with Crippen molar-refractivity contribution < 1.29 is 26.3 Å². The lowest BCUT2D eigenvalue weighted by Gasteiger charge is -2.38. The summed E-state index contributed by atoms with van der Waals surface area (Å²) in [5, 5.41) is 0. The minimum Gasteiger partial charge on any atom is -0.394 e. The third-order valence-electron chi connectivity index (χ3n) is 4.33. The van der Waals surface area contributed by atoms with Gasteiger partial charge < -0.3 is 26.3 Å². The predicted molar refractivity (Wildman–Crippen MR) is 120 cm³/mol. The van der Waals surface area contributed by atoms with Crippen LogP contribution >= 0.6 is 12.0 Å². The van der Waals surface area contributed by atoms with E-state index in [9.17, 15) is 0 Å². The Morgan fingerprint density at radius 1 is 0.857 bits per heavy atom. The monoisotopic (exact) mass is 454 g/mol. The maximum Gasteiger partial charge on any atom is 0.501 e. The van der Waals surface area contributed by atoms with E-state index >= 15 is 0 Å². The van der Waals surface area contributed by atoms with Crippen molar-refractivity contribution in [3.63, 3.8) is 0 Å². The molecule has 0 atom stereocenters.